The zero-order valence-electron chi connectivity index (χ0n) is 10.6. The number of hydrogen-bond acceptors (Lipinski definition) is 4. The van der Waals surface area contributed by atoms with E-state index in [1.54, 1.807) is 0 Å². The Morgan fingerprint density at radius 2 is 2.06 bits per heavy atom. The Balaban J connectivity index is 1.93. The van der Waals surface area contributed by atoms with Gasteiger partial charge in [0.05, 0.1) is 0 Å². The molecule has 2 aliphatic rings. The maximum absolute atomic E-state index is 11.2. The van der Waals surface area contributed by atoms with Gasteiger partial charge in [-0.3, -0.25) is 9.69 Å². The largest absolute Gasteiger partial charge is 0.480 e. The van der Waals surface area contributed by atoms with E-state index in [2.05, 4.69) is 22.0 Å². The Morgan fingerprint density at radius 3 is 2.65 bits per heavy atom. The number of nitrogens with zero attached hydrogens (tertiary/aromatic N) is 2. The highest BCUT2D eigenvalue weighted by Gasteiger charge is 2.34. The molecule has 2 N–H and O–H groups in total. The first-order valence-corrected chi connectivity index (χ1v) is 6.64. The number of carboxylic acids is 1. The summed E-state index contributed by atoms with van der Waals surface area (Å²) in [6, 6.07) is 0.128. The molecule has 0 aromatic rings. The van der Waals surface area contributed by atoms with Crippen LogP contribution in [0.1, 0.15) is 19.8 Å². The summed E-state index contributed by atoms with van der Waals surface area (Å²) < 4.78 is 0. The molecule has 0 amide bonds. The van der Waals surface area contributed by atoms with Gasteiger partial charge in [-0.25, -0.2) is 0 Å². The van der Waals surface area contributed by atoms with Gasteiger partial charge in [0.15, 0.2) is 0 Å². The third-order valence-corrected chi connectivity index (χ3v) is 4.04. The van der Waals surface area contributed by atoms with Crippen molar-refractivity contribution < 1.29 is 9.90 Å². The average molecular weight is 241 g/mol. The molecule has 0 bridgehead atoms. The van der Waals surface area contributed by atoms with Crippen LogP contribution in [0.2, 0.25) is 0 Å². The smallest absolute Gasteiger partial charge is 0.322 e. The van der Waals surface area contributed by atoms with Crippen LogP contribution in [0.5, 0.6) is 0 Å². The minimum Gasteiger partial charge on any atom is -0.480 e. The van der Waals surface area contributed by atoms with Crippen LogP contribution in [-0.4, -0.2) is 72.2 Å². The van der Waals surface area contributed by atoms with E-state index >= 15 is 0 Å². The number of carbonyl (C=O) groups is 1. The number of rotatable bonds is 3. The third kappa shape index (κ3) is 2.97. The summed E-state index contributed by atoms with van der Waals surface area (Å²) in [5.74, 6) is -0.685. The van der Waals surface area contributed by atoms with Crippen LogP contribution in [0.3, 0.4) is 0 Å². The molecule has 2 aliphatic heterocycles. The maximum atomic E-state index is 11.2. The Hall–Kier alpha value is -0.650. The second kappa shape index (κ2) is 5.80. The predicted molar refractivity (Wildman–Crippen MR) is 66.1 cm³/mol. The Labute approximate surface area is 103 Å². The van der Waals surface area contributed by atoms with Crippen LogP contribution in [0.25, 0.3) is 0 Å². The van der Waals surface area contributed by atoms with Gasteiger partial charge in [-0.1, -0.05) is 6.92 Å². The number of hydrogen-bond donors (Lipinski definition) is 2. The van der Waals surface area contributed by atoms with E-state index in [9.17, 15) is 9.90 Å². The lowest BCUT2D eigenvalue weighted by atomic mass is 10.00. The fraction of sp³-hybridized carbons (Fsp3) is 0.917. The second-order valence-electron chi connectivity index (χ2n) is 4.96. The fourth-order valence-electron chi connectivity index (χ4n) is 2.95. The molecule has 1 atom stereocenters. The molecule has 0 saturated carbocycles. The number of carboxylic acid groups (broad SMARTS) is 1. The molecule has 2 saturated heterocycles. The van der Waals surface area contributed by atoms with E-state index in [0.717, 1.165) is 45.6 Å². The van der Waals surface area contributed by atoms with Crippen molar-refractivity contribution in [1.29, 1.82) is 0 Å². The van der Waals surface area contributed by atoms with E-state index in [1.807, 2.05) is 0 Å². The molecule has 0 spiro atoms. The highest BCUT2D eigenvalue weighted by atomic mass is 16.4. The molecule has 1 unspecified atom stereocenters. The van der Waals surface area contributed by atoms with Gasteiger partial charge in [0.2, 0.25) is 0 Å². The Kier molecular flexibility index (Phi) is 4.36. The van der Waals surface area contributed by atoms with Gasteiger partial charge in [0.25, 0.3) is 0 Å². The first-order chi connectivity index (χ1) is 8.22. The van der Waals surface area contributed by atoms with Crippen LogP contribution in [0.4, 0.5) is 0 Å². The molecule has 17 heavy (non-hydrogen) atoms. The van der Waals surface area contributed by atoms with Gasteiger partial charge in [-0.2, -0.15) is 0 Å². The molecule has 2 fully saturated rings. The van der Waals surface area contributed by atoms with Crippen molar-refractivity contribution in [2.24, 2.45) is 0 Å². The number of piperidine rings is 1. The summed E-state index contributed by atoms with van der Waals surface area (Å²) in [5.41, 5.74) is 0. The van der Waals surface area contributed by atoms with Crippen LogP contribution in [0, 0.1) is 0 Å². The first-order valence-electron chi connectivity index (χ1n) is 6.64. The van der Waals surface area contributed by atoms with Crippen LogP contribution < -0.4 is 5.32 Å². The fourth-order valence-corrected chi connectivity index (χ4v) is 2.95. The molecule has 5 heteroatoms. The SMILES string of the molecule is CCN1CCC(N2CCNCC2C(=O)O)CC1. The highest BCUT2D eigenvalue weighted by molar-refractivity contribution is 5.74. The maximum Gasteiger partial charge on any atom is 0.322 e. The summed E-state index contributed by atoms with van der Waals surface area (Å²) in [7, 11) is 0. The van der Waals surface area contributed by atoms with E-state index < -0.39 is 5.97 Å². The van der Waals surface area contributed by atoms with Crippen molar-refractivity contribution in [1.82, 2.24) is 15.1 Å². The number of likely N-dealkylation sites (tertiary alicyclic amines) is 1. The van der Waals surface area contributed by atoms with Crippen molar-refractivity contribution in [3.63, 3.8) is 0 Å². The quantitative estimate of drug-likeness (QED) is 0.718. The van der Waals surface area contributed by atoms with Crippen molar-refractivity contribution in [3.8, 4) is 0 Å². The molecule has 2 heterocycles. The van der Waals surface area contributed by atoms with E-state index in [-0.39, 0.29) is 6.04 Å². The van der Waals surface area contributed by atoms with Gasteiger partial charge >= 0.3 is 5.97 Å². The zero-order chi connectivity index (χ0) is 12.3. The van der Waals surface area contributed by atoms with Gasteiger partial charge in [-0.15, -0.1) is 0 Å². The summed E-state index contributed by atoms with van der Waals surface area (Å²) in [6.07, 6.45) is 2.22. The van der Waals surface area contributed by atoms with Crippen molar-refractivity contribution in [3.05, 3.63) is 0 Å². The number of aliphatic carboxylic acids is 1. The first kappa shape index (κ1) is 12.8. The molecule has 98 valence electrons. The monoisotopic (exact) mass is 241 g/mol. The van der Waals surface area contributed by atoms with Gasteiger partial charge in [0.1, 0.15) is 6.04 Å². The molecule has 0 aliphatic carbocycles. The normalized spacial score (nSPS) is 29.4. The van der Waals surface area contributed by atoms with E-state index in [0.29, 0.717) is 12.6 Å². The lowest BCUT2D eigenvalue weighted by molar-refractivity contribution is -0.145. The van der Waals surface area contributed by atoms with Gasteiger partial charge in [-0.05, 0) is 32.5 Å². The second-order valence-corrected chi connectivity index (χ2v) is 4.96. The van der Waals surface area contributed by atoms with E-state index in [4.69, 9.17) is 0 Å². The molecule has 0 aromatic heterocycles. The highest BCUT2D eigenvalue weighted by Crippen LogP contribution is 2.19. The topological polar surface area (TPSA) is 55.8 Å². The zero-order valence-corrected chi connectivity index (χ0v) is 10.6. The summed E-state index contributed by atoms with van der Waals surface area (Å²) >= 11 is 0. The predicted octanol–water partition coefficient (Wildman–Crippen LogP) is -0.171. The minimum absolute atomic E-state index is 0.332. The molecule has 0 radical (unpaired) electrons. The Morgan fingerprint density at radius 1 is 1.35 bits per heavy atom. The lowest BCUT2D eigenvalue weighted by Gasteiger charge is -2.43. The van der Waals surface area contributed by atoms with Crippen molar-refractivity contribution in [2.45, 2.75) is 31.8 Å². The van der Waals surface area contributed by atoms with Crippen LogP contribution in [-0.2, 0) is 4.79 Å². The van der Waals surface area contributed by atoms with Gasteiger partial charge in [0, 0.05) is 25.7 Å². The summed E-state index contributed by atoms with van der Waals surface area (Å²) in [5, 5.41) is 12.4. The van der Waals surface area contributed by atoms with Crippen molar-refractivity contribution in [2.75, 3.05) is 39.3 Å². The molecular formula is C12H23N3O2. The third-order valence-electron chi connectivity index (χ3n) is 4.04. The lowest BCUT2D eigenvalue weighted by Crippen LogP contribution is -2.60. The molecular weight excluding hydrogens is 218 g/mol. The summed E-state index contributed by atoms with van der Waals surface area (Å²) in [6.45, 7) is 7.88. The summed E-state index contributed by atoms with van der Waals surface area (Å²) in [4.78, 5) is 15.9. The minimum atomic E-state index is -0.685. The molecule has 5 nitrogen and oxygen atoms in total. The van der Waals surface area contributed by atoms with E-state index in [1.165, 1.54) is 0 Å². The van der Waals surface area contributed by atoms with Crippen LogP contribution in [0.15, 0.2) is 0 Å². The number of nitrogens with one attached hydrogen (secondary N) is 1. The van der Waals surface area contributed by atoms with Gasteiger partial charge < -0.3 is 15.3 Å². The molecule has 0 aromatic carbocycles. The van der Waals surface area contributed by atoms with Crippen molar-refractivity contribution >= 4 is 5.97 Å². The standard InChI is InChI=1S/C12H23N3O2/c1-2-14-6-3-10(4-7-14)15-8-5-13-9-11(15)12(16)17/h10-11,13H,2-9H2,1H3,(H,16,17). The Bertz CT molecular complexity index is 264. The molecule has 2 rings (SSSR count). The average Bonchev–Trinajstić information content (AvgIpc) is 2.39. The van der Waals surface area contributed by atoms with Crippen LogP contribution >= 0.6 is 0 Å². The number of piperazine rings is 1.